The number of hydrogen-bond donors (Lipinski definition) is 2. The molecule has 0 spiro atoms. The molecule has 1 aliphatic rings. The third kappa shape index (κ3) is 3.73. The molecule has 0 radical (unpaired) electrons. The highest BCUT2D eigenvalue weighted by Gasteiger charge is 2.18. The molecule has 1 aromatic carbocycles. The number of nitrogens with one attached hydrogen (secondary N) is 2. The van der Waals surface area contributed by atoms with Crippen LogP contribution in [0.15, 0.2) is 24.3 Å². The van der Waals surface area contributed by atoms with Crippen LogP contribution in [-0.2, 0) is 6.54 Å². The van der Waals surface area contributed by atoms with Crippen LogP contribution in [0.5, 0.6) is 0 Å². The third-order valence-electron chi connectivity index (χ3n) is 4.91. The van der Waals surface area contributed by atoms with E-state index in [1.165, 1.54) is 23.8 Å². The van der Waals surface area contributed by atoms with Crippen molar-refractivity contribution >= 4 is 16.9 Å². The van der Waals surface area contributed by atoms with Crippen LogP contribution in [-0.4, -0.2) is 53.5 Å². The van der Waals surface area contributed by atoms with Crippen molar-refractivity contribution in [3.05, 3.63) is 35.5 Å². The molecule has 2 heterocycles. The normalized spacial score (nSPS) is 16.5. The number of aromatic nitrogens is 1. The van der Waals surface area contributed by atoms with E-state index in [4.69, 9.17) is 0 Å². The lowest BCUT2D eigenvalue weighted by Gasteiger charge is -2.24. The SMILES string of the molecule is Cc1c(CN(C)C(=O)N[C@H](C)CN2CCCC2)[nH]c2ccccc12. The van der Waals surface area contributed by atoms with Gasteiger partial charge in [-0.2, -0.15) is 0 Å². The molecule has 0 unspecified atom stereocenters. The summed E-state index contributed by atoms with van der Waals surface area (Å²) in [6, 6.07) is 8.41. The Morgan fingerprint density at radius 1 is 1.33 bits per heavy atom. The fraction of sp³-hybridized carbons (Fsp3) is 0.526. The quantitative estimate of drug-likeness (QED) is 0.886. The number of H-pyrrole nitrogens is 1. The van der Waals surface area contributed by atoms with Gasteiger partial charge < -0.3 is 20.1 Å². The number of aryl methyl sites for hydroxylation is 1. The molecule has 2 aromatic rings. The fourth-order valence-corrected chi connectivity index (χ4v) is 3.52. The van der Waals surface area contributed by atoms with E-state index >= 15 is 0 Å². The first kappa shape index (κ1) is 16.8. The second-order valence-electron chi connectivity index (χ2n) is 6.99. The van der Waals surface area contributed by atoms with Crippen LogP contribution in [0, 0.1) is 6.92 Å². The van der Waals surface area contributed by atoms with Crippen molar-refractivity contribution in [1.82, 2.24) is 20.1 Å². The zero-order chi connectivity index (χ0) is 17.1. The Morgan fingerprint density at radius 2 is 2.04 bits per heavy atom. The molecular formula is C19H28N4O. The van der Waals surface area contributed by atoms with Crippen molar-refractivity contribution in [2.45, 2.75) is 39.3 Å². The summed E-state index contributed by atoms with van der Waals surface area (Å²) in [6.07, 6.45) is 2.56. The van der Waals surface area contributed by atoms with E-state index in [0.29, 0.717) is 6.54 Å². The van der Waals surface area contributed by atoms with Crippen LogP contribution in [0.2, 0.25) is 0 Å². The average Bonchev–Trinajstić information content (AvgIpc) is 3.16. The second-order valence-corrected chi connectivity index (χ2v) is 6.99. The minimum atomic E-state index is -0.0141. The molecule has 1 fully saturated rings. The first-order valence-electron chi connectivity index (χ1n) is 8.85. The number of benzene rings is 1. The Hall–Kier alpha value is -2.01. The molecule has 24 heavy (non-hydrogen) atoms. The number of para-hydroxylation sites is 1. The molecule has 1 saturated heterocycles. The zero-order valence-electron chi connectivity index (χ0n) is 14.9. The number of carbonyl (C=O) groups is 1. The predicted octanol–water partition coefficient (Wildman–Crippen LogP) is 3.10. The molecule has 0 bridgehead atoms. The zero-order valence-corrected chi connectivity index (χ0v) is 14.9. The van der Waals surface area contributed by atoms with Crippen molar-refractivity contribution in [3.63, 3.8) is 0 Å². The largest absolute Gasteiger partial charge is 0.357 e. The number of fused-ring (bicyclic) bond motifs is 1. The van der Waals surface area contributed by atoms with Gasteiger partial charge in [-0.05, 0) is 51.4 Å². The molecule has 0 aliphatic carbocycles. The van der Waals surface area contributed by atoms with Crippen molar-refractivity contribution in [2.24, 2.45) is 0 Å². The highest BCUT2D eigenvalue weighted by Crippen LogP contribution is 2.22. The molecule has 1 aromatic heterocycles. The lowest BCUT2D eigenvalue weighted by molar-refractivity contribution is 0.198. The topological polar surface area (TPSA) is 51.4 Å². The molecule has 5 nitrogen and oxygen atoms in total. The van der Waals surface area contributed by atoms with Gasteiger partial charge in [0.05, 0.1) is 6.54 Å². The molecule has 130 valence electrons. The lowest BCUT2D eigenvalue weighted by Crippen LogP contribution is -2.46. The molecule has 1 aliphatic heterocycles. The van der Waals surface area contributed by atoms with Gasteiger partial charge in [0.25, 0.3) is 0 Å². The average molecular weight is 328 g/mol. The number of amides is 2. The molecule has 3 rings (SSSR count). The fourth-order valence-electron chi connectivity index (χ4n) is 3.52. The van der Waals surface area contributed by atoms with E-state index in [-0.39, 0.29) is 12.1 Å². The van der Waals surface area contributed by atoms with Gasteiger partial charge in [-0.3, -0.25) is 0 Å². The Labute approximate surface area is 144 Å². The number of hydrogen-bond acceptors (Lipinski definition) is 2. The monoisotopic (exact) mass is 328 g/mol. The Balaban J connectivity index is 1.57. The predicted molar refractivity (Wildman–Crippen MR) is 98.2 cm³/mol. The first-order chi connectivity index (χ1) is 11.5. The van der Waals surface area contributed by atoms with E-state index in [0.717, 1.165) is 30.8 Å². The summed E-state index contributed by atoms with van der Waals surface area (Å²) in [5, 5.41) is 4.34. The van der Waals surface area contributed by atoms with Crippen LogP contribution in [0.1, 0.15) is 31.0 Å². The summed E-state index contributed by atoms with van der Waals surface area (Å²) in [5.41, 5.74) is 3.44. The number of nitrogens with zero attached hydrogens (tertiary/aromatic N) is 2. The minimum Gasteiger partial charge on any atom is -0.357 e. The van der Waals surface area contributed by atoms with E-state index < -0.39 is 0 Å². The summed E-state index contributed by atoms with van der Waals surface area (Å²) < 4.78 is 0. The minimum absolute atomic E-state index is 0.0141. The summed E-state index contributed by atoms with van der Waals surface area (Å²) >= 11 is 0. The molecule has 2 amide bonds. The van der Waals surface area contributed by atoms with Crippen LogP contribution in [0.4, 0.5) is 4.79 Å². The van der Waals surface area contributed by atoms with E-state index in [9.17, 15) is 4.79 Å². The summed E-state index contributed by atoms with van der Waals surface area (Å²) in [7, 11) is 1.85. The van der Waals surface area contributed by atoms with E-state index in [1.807, 2.05) is 19.2 Å². The lowest BCUT2D eigenvalue weighted by atomic mass is 10.1. The summed E-state index contributed by atoms with van der Waals surface area (Å²) in [4.78, 5) is 20.0. The van der Waals surface area contributed by atoms with E-state index in [2.05, 4.69) is 41.2 Å². The van der Waals surface area contributed by atoms with Gasteiger partial charge in [-0.25, -0.2) is 4.79 Å². The van der Waals surface area contributed by atoms with Crippen LogP contribution < -0.4 is 5.32 Å². The molecule has 2 N–H and O–H groups in total. The second kappa shape index (κ2) is 7.26. The number of carbonyl (C=O) groups excluding carboxylic acids is 1. The molecular weight excluding hydrogens is 300 g/mol. The number of rotatable bonds is 5. The van der Waals surface area contributed by atoms with Gasteiger partial charge in [-0.15, -0.1) is 0 Å². The summed E-state index contributed by atoms with van der Waals surface area (Å²) in [6.45, 7) is 8.02. The molecule has 1 atom stereocenters. The molecule has 0 saturated carbocycles. The molecule has 5 heteroatoms. The van der Waals surface area contributed by atoms with Gasteiger partial charge in [0, 0.05) is 36.2 Å². The Morgan fingerprint density at radius 3 is 2.75 bits per heavy atom. The van der Waals surface area contributed by atoms with Gasteiger partial charge in [0.1, 0.15) is 0 Å². The maximum atomic E-state index is 12.4. The van der Waals surface area contributed by atoms with Crippen molar-refractivity contribution in [3.8, 4) is 0 Å². The van der Waals surface area contributed by atoms with Crippen LogP contribution in [0.25, 0.3) is 10.9 Å². The highest BCUT2D eigenvalue weighted by atomic mass is 16.2. The van der Waals surface area contributed by atoms with E-state index in [1.54, 1.807) is 4.90 Å². The third-order valence-corrected chi connectivity index (χ3v) is 4.91. The summed E-state index contributed by atoms with van der Waals surface area (Å²) in [5.74, 6) is 0. The van der Waals surface area contributed by atoms with Gasteiger partial charge in [0.15, 0.2) is 0 Å². The van der Waals surface area contributed by atoms with Crippen molar-refractivity contribution in [1.29, 1.82) is 0 Å². The van der Waals surface area contributed by atoms with Gasteiger partial charge >= 0.3 is 6.03 Å². The standard InChI is InChI=1S/C19H28N4O/c1-14(12-23-10-6-7-11-23)20-19(24)22(3)13-18-15(2)16-8-4-5-9-17(16)21-18/h4-5,8-9,14,21H,6-7,10-13H2,1-3H3,(H,20,24)/t14-/m1/s1. The Bertz CT molecular complexity index is 702. The smallest absolute Gasteiger partial charge is 0.317 e. The first-order valence-corrected chi connectivity index (χ1v) is 8.85. The number of urea groups is 1. The van der Waals surface area contributed by atoms with Gasteiger partial charge in [0.2, 0.25) is 0 Å². The van der Waals surface area contributed by atoms with Crippen LogP contribution in [0.3, 0.4) is 0 Å². The number of likely N-dealkylation sites (tertiary alicyclic amines) is 1. The highest BCUT2D eigenvalue weighted by molar-refractivity contribution is 5.84. The van der Waals surface area contributed by atoms with Crippen LogP contribution >= 0.6 is 0 Å². The maximum Gasteiger partial charge on any atom is 0.317 e. The maximum absolute atomic E-state index is 12.4. The van der Waals surface area contributed by atoms with Crippen molar-refractivity contribution < 1.29 is 4.79 Å². The Kier molecular flexibility index (Phi) is 5.09. The number of aromatic amines is 1. The van der Waals surface area contributed by atoms with Gasteiger partial charge in [-0.1, -0.05) is 18.2 Å². The van der Waals surface area contributed by atoms with Crippen molar-refractivity contribution in [2.75, 3.05) is 26.7 Å².